The van der Waals surface area contributed by atoms with Gasteiger partial charge < -0.3 is 0 Å². The van der Waals surface area contributed by atoms with Crippen molar-refractivity contribution in [1.82, 2.24) is 0 Å². The summed E-state index contributed by atoms with van der Waals surface area (Å²) >= 11 is 18.0. The van der Waals surface area contributed by atoms with E-state index in [1.807, 2.05) is 70.6 Å². The summed E-state index contributed by atoms with van der Waals surface area (Å²) in [6.45, 7) is 0. The number of hydrogen-bond donors (Lipinski definition) is 0. The highest BCUT2D eigenvalue weighted by atomic mass is 32.3. The molecule has 0 saturated heterocycles. The molecular weight excluding hydrogens is 433 g/mol. The first-order valence-electron chi connectivity index (χ1n) is 6.17. The summed E-state index contributed by atoms with van der Waals surface area (Å²) in [5.41, 5.74) is 0. The summed E-state index contributed by atoms with van der Waals surface area (Å²) in [7, 11) is 0. The predicted octanol–water partition coefficient (Wildman–Crippen LogP) is 7.27. The summed E-state index contributed by atoms with van der Waals surface area (Å²) in [6, 6.07) is 0. The minimum atomic E-state index is 1.25. The smallest absolute Gasteiger partial charge is 0.0717 e. The van der Waals surface area contributed by atoms with E-state index in [0.29, 0.717) is 0 Å². The first kappa shape index (κ1) is 18.2. The van der Waals surface area contributed by atoms with E-state index in [1.165, 1.54) is 40.0 Å². The Balaban J connectivity index is 1.72. The molecule has 0 fully saturated rings. The molecule has 0 amide bonds. The lowest BCUT2D eigenvalue weighted by Gasteiger charge is -2.03. The summed E-state index contributed by atoms with van der Waals surface area (Å²) in [6.07, 6.45) is 4.37. The normalized spacial score (nSPS) is 24.3. The minimum Gasteiger partial charge on any atom is -0.160 e. The molecule has 0 spiro atoms. The van der Waals surface area contributed by atoms with E-state index in [-0.39, 0.29) is 0 Å². The first-order chi connectivity index (χ1) is 10.3. The van der Waals surface area contributed by atoms with Crippen molar-refractivity contribution in [2.24, 2.45) is 0 Å². The maximum absolute atomic E-state index is 2.19. The molecule has 0 bridgehead atoms. The van der Waals surface area contributed by atoms with E-state index in [1.54, 1.807) is 8.47 Å². The average Bonchev–Trinajstić information content (AvgIpc) is 3.10. The Morgan fingerprint density at radius 3 is 1.57 bits per heavy atom. The Bertz CT molecular complexity index is 465. The van der Waals surface area contributed by atoms with Gasteiger partial charge in [-0.05, 0) is 12.5 Å². The highest BCUT2D eigenvalue weighted by Crippen LogP contribution is 2.65. The second-order valence-corrected chi connectivity index (χ2v) is 14.6. The summed E-state index contributed by atoms with van der Waals surface area (Å²) in [4.78, 5) is 0. The van der Waals surface area contributed by atoms with Crippen LogP contribution >= 0.6 is 106 Å². The first-order valence-corrected chi connectivity index (χ1v) is 15.0. The molecule has 0 saturated carbocycles. The van der Waals surface area contributed by atoms with E-state index in [4.69, 9.17) is 0 Å². The Morgan fingerprint density at radius 2 is 1.10 bits per heavy atom. The van der Waals surface area contributed by atoms with E-state index >= 15 is 0 Å². The largest absolute Gasteiger partial charge is 0.160 e. The van der Waals surface area contributed by atoms with Gasteiger partial charge in [-0.2, -0.15) is 11.8 Å². The summed E-state index contributed by atoms with van der Waals surface area (Å²) < 4.78 is 9.07. The van der Waals surface area contributed by atoms with Crippen molar-refractivity contribution >= 4 is 106 Å². The van der Waals surface area contributed by atoms with Gasteiger partial charge in [-0.3, -0.25) is 0 Å². The van der Waals surface area contributed by atoms with Gasteiger partial charge in [-0.1, -0.05) is 47.0 Å². The molecule has 0 unspecified atom stereocenters. The Kier molecular flexibility index (Phi) is 7.94. The van der Waals surface area contributed by atoms with Crippen LogP contribution in [0.25, 0.3) is 0 Å². The number of rotatable bonds is 2. The third-order valence-electron chi connectivity index (χ3n) is 2.53. The zero-order valence-corrected chi connectivity index (χ0v) is 18.9. The topological polar surface area (TPSA) is 0 Å². The molecule has 0 aromatic heterocycles. The Hall–Kier alpha value is 2.37. The van der Waals surface area contributed by atoms with Crippen LogP contribution in [0.1, 0.15) is 0 Å². The Morgan fingerprint density at radius 1 is 0.619 bits per heavy atom. The predicted molar refractivity (Wildman–Crippen MR) is 121 cm³/mol. The molecular formula is C12H14S9. The highest BCUT2D eigenvalue weighted by Gasteiger charge is 2.30. The second kappa shape index (κ2) is 9.17. The van der Waals surface area contributed by atoms with Gasteiger partial charge in [0, 0.05) is 23.0 Å². The zero-order valence-electron chi connectivity index (χ0n) is 11.5. The molecule has 21 heavy (non-hydrogen) atoms. The van der Waals surface area contributed by atoms with Crippen LogP contribution in [0.15, 0.2) is 25.4 Å². The summed E-state index contributed by atoms with van der Waals surface area (Å²) in [5, 5.41) is 0. The van der Waals surface area contributed by atoms with Gasteiger partial charge in [-0.25, -0.2) is 0 Å². The van der Waals surface area contributed by atoms with Crippen LogP contribution in [0.5, 0.6) is 0 Å². The monoisotopic (exact) mass is 446 g/mol. The van der Waals surface area contributed by atoms with Crippen LogP contribution in [-0.4, -0.2) is 35.5 Å². The molecule has 0 aliphatic carbocycles. The van der Waals surface area contributed by atoms with Gasteiger partial charge in [0.1, 0.15) is 0 Å². The molecule has 3 aliphatic heterocycles. The van der Waals surface area contributed by atoms with Gasteiger partial charge in [0.05, 0.1) is 25.4 Å². The molecule has 9 heteroatoms. The standard InChI is InChI=1S/C12H14S9/c1-13-7-8(14-2)19-11(18-7)12-20-9-10(21-12)17-6-4-15-3-5-16-9/h3-6H2,1-2H3. The van der Waals surface area contributed by atoms with Crippen molar-refractivity contribution in [3.8, 4) is 0 Å². The number of hydrogen-bond acceptors (Lipinski definition) is 9. The number of thioether (sulfide) groups is 9. The fourth-order valence-electron chi connectivity index (χ4n) is 1.63. The fourth-order valence-corrected chi connectivity index (χ4v) is 14.0. The van der Waals surface area contributed by atoms with Crippen molar-refractivity contribution in [1.29, 1.82) is 0 Å². The van der Waals surface area contributed by atoms with Gasteiger partial charge in [0.2, 0.25) is 0 Å². The van der Waals surface area contributed by atoms with Crippen molar-refractivity contribution in [3.63, 3.8) is 0 Å². The van der Waals surface area contributed by atoms with Crippen molar-refractivity contribution < 1.29 is 0 Å². The molecule has 0 aromatic carbocycles. The van der Waals surface area contributed by atoms with Crippen LogP contribution in [0.2, 0.25) is 0 Å². The zero-order chi connectivity index (χ0) is 14.7. The van der Waals surface area contributed by atoms with Crippen molar-refractivity contribution in [2.45, 2.75) is 0 Å². The third-order valence-corrected chi connectivity index (χ3v) is 15.3. The Labute approximate surface area is 165 Å². The van der Waals surface area contributed by atoms with Crippen molar-refractivity contribution in [2.75, 3.05) is 35.5 Å². The maximum atomic E-state index is 2.19. The van der Waals surface area contributed by atoms with Gasteiger partial charge >= 0.3 is 0 Å². The van der Waals surface area contributed by atoms with Crippen molar-refractivity contribution in [3.05, 3.63) is 25.4 Å². The van der Waals surface area contributed by atoms with Crippen LogP contribution < -0.4 is 0 Å². The SMILES string of the molecule is CSC1=C(SC)SC(=C2SC3=C(SCCSCCS3)S2)S1. The van der Waals surface area contributed by atoms with E-state index < -0.39 is 0 Å². The van der Waals surface area contributed by atoms with E-state index in [0.717, 1.165) is 0 Å². The molecule has 3 heterocycles. The summed E-state index contributed by atoms with van der Waals surface area (Å²) in [5.74, 6) is 5.09. The van der Waals surface area contributed by atoms with E-state index in [9.17, 15) is 0 Å². The fraction of sp³-hybridized carbons (Fsp3) is 0.500. The van der Waals surface area contributed by atoms with Crippen LogP contribution in [0.4, 0.5) is 0 Å². The quantitative estimate of drug-likeness (QED) is 0.425. The molecule has 0 atom stereocenters. The molecule has 3 aliphatic rings. The second-order valence-electron chi connectivity index (χ2n) is 3.85. The lowest BCUT2D eigenvalue weighted by Crippen LogP contribution is -1.86. The van der Waals surface area contributed by atoms with Crippen LogP contribution in [0.3, 0.4) is 0 Å². The van der Waals surface area contributed by atoms with Gasteiger partial charge in [0.25, 0.3) is 0 Å². The highest BCUT2D eigenvalue weighted by molar-refractivity contribution is 8.45. The molecule has 0 nitrogen and oxygen atoms in total. The van der Waals surface area contributed by atoms with E-state index in [2.05, 4.69) is 47.8 Å². The van der Waals surface area contributed by atoms with Gasteiger partial charge in [0.15, 0.2) is 0 Å². The van der Waals surface area contributed by atoms with Crippen LogP contribution in [-0.2, 0) is 0 Å². The van der Waals surface area contributed by atoms with Gasteiger partial charge in [-0.15, -0.1) is 47.0 Å². The lowest BCUT2D eigenvalue weighted by atomic mass is 10.9. The lowest BCUT2D eigenvalue weighted by molar-refractivity contribution is 1.50. The maximum Gasteiger partial charge on any atom is 0.0717 e. The molecule has 0 radical (unpaired) electrons. The molecule has 3 rings (SSSR count). The molecule has 0 aromatic rings. The minimum absolute atomic E-state index is 1.25. The van der Waals surface area contributed by atoms with Crippen LogP contribution in [0, 0.1) is 0 Å². The third kappa shape index (κ3) is 4.71. The average molecular weight is 447 g/mol. The molecule has 116 valence electrons. The molecule has 0 N–H and O–H groups in total.